The Labute approximate surface area is 177 Å². The molecule has 0 saturated heterocycles. The molecular formula is C20H19ClN2O7. The van der Waals surface area contributed by atoms with Crippen molar-refractivity contribution in [2.75, 3.05) is 19.5 Å². The summed E-state index contributed by atoms with van der Waals surface area (Å²) in [6.45, 7) is 1.39. The molecule has 0 heterocycles. The first-order chi connectivity index (χ1) is 14.2. The maximum absolute atomic E-state index is 12.2. The van der Waals surface area contributed by atoms with Gasteiger partial charge in [0.2, 0.25) is 0 Å². The van der Waals surface area contributed by atoms with Crippen molar-refractivity contribution in [3.63, 3.8) is 0 Å². The summed E-state index contributed by atoms with van der Waals surface area (Å²) in [4.78, 5) is 34.3. The van der Waals surface area contributed by atoms with Crippen molar-refractivity contribution in [3.8, 4) is 11.5 Å². The second-order valence-electron chi connectivity index (χ2n) is 5.94. The standard InChI is InChI=1S/C20H19ClN2O7/c1-12(20(25)22-16-7-6-14(23(26)27)11-15(16)21)30-19(24)9-5-13-4-8-17(28-2)18(10-13)29-3/h4-12H,1-3H3,(H,22,25)/b9-5-/t12-/m1/s1. The molecule has 0 radical (unpaired) electrons. The molecule has 10 heteroatoms. The number of methoxy groups -OCH3 is 2. The highest BCUT2D eigenvalue weighted by molar-refractivity contribution is 6.34. The lowest BCUT2D eigenvalue weighted by Gasteiger charge is -2.13. The lowest BCUT2D eigenvalue weighted by Crippen LogP contribution is -2.29. The zero-order chi connectivity index (χ0) is 22.3. The molecule has 0 bridgehead atoms. The molecule has 0 aliphatic rings. The Balaban J connectivity index is 1.97. The zero-order valence-electron chi connectivity index (χ0n) is 16.4. The Hall–Kier alpha value is -3.59. The predicted octanol–water partition coefficient (Wildman–Crippen LogP) is 3.85. The fourth-order valence-electron chi connectivity index (χ4n) is 2.34. The van der Waals surface area contributed by atoms with Crippen molar-refractivity contribution >= 4 is 40.9 Å². The van der Waals surface area contributed by atoms with Crippen LogP contribution in [0.3, 0.4) is 0 Å². The molecule has 2 aromatic carbocycles. The summed E-state index contributed by atoms with van der Waals surface area (Å²) in [6.07, 6.45) is 1.55. The fourth-order valence-corrected chi connectivity index (χ4v) is 2.56. The first-order valence-corrected chi connectivity index (χ1v) is 8.98. The number of amides is 1. The summed E-state index contributed by atoms with van der Waals surface area (Å²) >= 11 is 5.93. The molecule has 1 atom stereocenters. The molecule has 30 heavy (non-hydrogen) atoms. The van der Waals surface area contributed by atoms with Crippen LogP contribution in [0.25, 0.3) is 6.08 Å². The van der Waals surface area contributed by atoms with Gasteiger partial charge in [-0.15, -0.1) is 0 Å². The van der Waals surface area contributed by atoms with Crippen LogP contribution < -0.4 is 14.8 Å². The third kappa shape index (κ3) is 5.95. The Morgan fingerprint density at radius 2 is 1.83 bits per heavy atom. The summed E-state index contributed by atoms with van der Waals surface area (Å²) in [7, 11) is 3.01. The van der Waals surface area contributed by atoms with Gasteiger partial charge < -0.3 is 19.5 Å². The second-order valence-corrected chi connectivity index (χ2v) is 6.34. The first-order valence-electron chi connectivity index (χ1n) is 8.60. The van der Waals surface area contributed by atoms with Crippen molar-refractivity contribution in [1.29, 1.82) is 0 Å². The smallest absolute Gasteiger partial charge is 0.331 e. The van der Waals surface area contributed by atoms with Gasteiger partial charge in [0.05, 0.1) is 29.9 Å². The second kappa shape index (κ2) is 10.3. The van der Waals surface area contributed by atoms with Crippen LogP contribution in [0.15, 0.2) is 42.5 Å². The Kier molecular flexibility index (Phi) is 7.76. The van der Waals surface area contributed by atoms with Crippen molar-refractivity contribution in [2.24, 2.45) is 0 Å². The van der Waals surface area contributed by atoms with E-state index in [1.807, 2.05) is 0 Å². The summed E-state index contributed by atoms with van der Waals surface area (Å²) in [6, 6.07) is 8.69. The van der Waals surface area contributed by atoms with Crippen LogP contribution in [-0.4, -0.2) is 37.1 Å². The molecule has 0 aromatic heterocycles. The minimum Gasteiger partial charge on any atom is -0.493 e. The van der Waals surface area contributed by atoms with Gasteiger partial charge in [0.25, 0.3) is 11.6 Å². The number of hydrogen-bond acceptors (Lipinski definition) is 7. The minimum absolute atomic E-state index is 0.00979. The van der Waals surface area contributed by atoms with Gasteiger partial charge in [0.15, 0.2) is 17.6 Å². The van der Waals surface area contributed by atoms with Crippen LogP contribution in [0.4, 0.5) is 11.4 Å². The van der Waals surface area contributed by atoms with Crippen LogP contribution in [0.1, 0.15) is 12.5 Å². The molecule has 0 unspecified atom stereocenters. The van der Waals surface area contributed by atoms with Crippen molar-refractivity contribution < 1.29 is 28.7 Å². The normalized spacial score (nSPS) is 11.6. The minimum atomic E-state index is -1.13. The van der Waals surface area contributed by atoms with E-state index in [0.29, 0.717) is 17.1 Å². The molecule has 0 aliphatic heterocycles. The van der Waals surface area contributed by atoms with Gasteiger partial charge in [-0.05, 0) is 36.8 Å². The first kappa shape index (κ1) is 22.7. The summed E-state index contributed by atoms with van der Waals surface area (Å²) in [5, 5.41) is 13.2. The lowest BCUT2D eigenvalue weighted by atomic mass is 10.2. The van der Waals surface area contributed by atoms with E-state index < -0.39 is 22.9 Å². The number of halogens is 1. The van der Waals surface area contributed by atoms with Crippen LogP contribution in [0.2, 0.25) is 5.02 Å². The highest BCUT2D eigenvalue weighted by atomic mass is 35.5. The van der Waals surface area contributed by atoms with Crippen molar-refractivity contribution in [2.45, 2.75) is 13.0 Å². The molecule has 1 N–H and O–H groups in total. The summed E-state index contributed by atoms with van der Waals surface area (Å²) in [5.74, 6) is -0.325. The number of carbonyl (C=O) groups excluding carboxylic acids is 2. The predicted molar refractivity (Wildman–Crippen MR) is 111 cm³/mol. The molecule has 2 aromatic rings. The molecule has 158 valence electrons. The van der Waals surface area contributed by atoms with E-state index in [2.05, 4.69) is 5.32 Å². The van der Waals surface area contributed by atoms with Crippen LogP contribution in [0.5, 0.6) is 11.5 Å². The Morgan fingerprint density at radius 3 is 2.43 bits per heavy atom. The number of non-ortho nitro benzene ring substituents is 1. The molecular weight excluding hydrogens is 416 g/mol. The third-order valence-corrected chi connectivity index (χ3v) is 4.22. The van der Waals surface area contributed by atoms with Crippen molar-refractivity contribution in [3.05, 3.63) is 63.2 Å². The topological polar surface area (TPSA) is 117 Å². The SMILES string of the molecule is COc1ccc(/C=C\C(=O)O[C@H](C)C(=O)Nc2ccc([N+](=O)[O-])cc2Cl)cc1OC. The molecule has 9 nitrogen and oxygen atoms in total. The molecule has 1 amide bonds. The highest BCUT2D eigenvalue weighted by Crippen LogP contribution is 2.28. The van der Waals surface area contributed by atoms with Crippen LogP contribution in [0, 0.1) is 10.1 Å². The Morgan fingerprint density at radius 1 is 1.13 bits per heavy atom. The quantitative estimate of drug-likeness (QED) is 0.290. The number of esters is 1. The third-order valence-electron chi connectivity index (χ3n) is 3.90. The van der Waals surface area contributed by atoms with Gasteiger partial charge in [0.1, 0.15) is 0 Å². The zero-order valence-corrected chi connectivity index (χ0v) is 17.1. The van der Waals surface area contributed by atoms with Crippen LogP contribution >= 0.6 is 11.6 Å². The fraction of sp³-hybridized carbons (Fsp3) is 0.200. The molecule has 0 saturated carbocycles. The van der Waals surface area contributed by atoms with E-state index in [1.54, 1.807) is 18.2 Å². The number of ether oxygens (including phenoxy) is 3. The van der Waals surface area contributed by atoms with E-state index in [9.17, 15) is 19.7 Å². The average molecular weight is 435 g/mol. The lowest BCUT2D eigenvalue weighted by molar-refractivity contribution is -0.384. The Bertz CT molecular complexity index is 991. The van der Waals surface area contributed by atoms with Crippen molar-refractivity contribution in [1.82, 2.24) is 0 Å². The van der Waals surface area contributed by atoms with Gasteiger partial charge >= 0.3 is 5.97 Å². The number of nitrogens with zero attached hydrogens (tertiary/aromatic N) is 1. The molecule has 0 spiro atoms. The monoisotopic (exact) mass is 434 g/mol. The average Bonchev–Trinajstić information content (AvgIpc) is 2.73. The number of anilines is 1. The number of rotatable bonds is 8. The molecule has 2 rings (SSSR count). The van der Waals surface area contributed by atoms with Gasteiger partial charge in [-0.1, -0.05) is 17.7 Å². The number of benzene rings is 2. The van der Waals surface area contributed by atoms with E-state index in [1.165, 1.54) is 45.4 Å². The largest absolute Gasteiger partial charge is 0.493 e. The van der Waals surface area contributed by atoms with Gasteiger partial charge in [0, 0.05) is 18.2 Å². The van der Waals surface area contributed by atoms with E-state index in [0.717, 1.165) is 6.07 Å². The number of nitro benzene ring substituents is 1. The van der Waals surface area contributed by atoms with Gasteiger partial charge in [-0.2, -0.15) is 0 Å². The van der Waals surface area contributed by atoms with Crippen LogP contribution in [-0.2, 0) is 14.3 Å². The maximum atomic E-state index is 12.2. The van der Waals surface area contributed by atoms with E-state index >= 15 is 0 Å². The summed E-state index contributed by atoms with van der Waals surface area (Å²) < 4.78 is 15.4. The van der Waals surface area contributed by atoms with E-state index in [4.69, 9.17) is 25.8 Å². The van der Waals surface area contributed by atoms with Gasteiger partial charge in [-0.25, -0.2) is 4.79 Å². The number of hydrogen-bond donors (Lipinski definition) is 1. The van der Waals surface area contributed by atoms with E-state index in [-0.39, 0.29) is 16.4 Å². The highest BCUT2D eigenvalue weighted by Gasteiger charge is 2.19. The maximum Gasteiger partial charge on any atom is 0.331 e. The summed E-state index contributed by atoms with van der Waals surface area (Å²) in [5.41, 5.74) is 0.619. The molecule has 0 aliphatic carbocycles. The molecule has 0 fully saturated rings. The van der Waals surface area contributed by atoms with Gasteiger partial charge in [-0.3, -0.25) is 14.9 Å². The number of nitro groups is 1. The number of carbonyl (C=O) groups is 2. The number of nitrogens with one attached hydrogen (secondary N) is 1.